The van der Waals surface area contributed by atoms with Gasteiger partial charge in [-0.05, 0) is 12.1 Å². The van der Waals surface area contributed by atoms with Gasteiger partial charge in [-0.1, -0.05) is 17.7 Å². The maximum atomic E-state index is 6.13. The van der Waals surface area contributed by atoms with Crippen molar-refractivity contribution in [3.63, 3.8) is 0 Å². The van der Waals surface area contributed by atoms with Crippen molar-refractivity contribution in [2.24, 2.45) is 0 Å². The third-order valence-electron chi connectivity index (χ3n) is 2.51. The Morgan fingerprint density at radius 3 is 2.79 bits per heavy atom. The summed E-state index contributed by atoms with van der Waals surface area (Å²) in [7, 11) is 1.59. The molecule has 0 aliphatic rings. The number of nitrogens with two attached hydrogens (primary N) is 2. The second kappa shape index (κ2) is 5.62. The molecule has 7 heteroatoms. The van der Waals surface area contributed by atoms with Crippen LogP contribution in [-0.4, -0.2) is 17.1 Å². The molecule has 0 unspecified atom stereocenters. The van der Waals surface area contributed by atoms with Gasteiger partial charge in [0.1, 0.15) is 17.4 Å². The highest BCUT2D eigenvalue weighted by Gasteiger charge is 2.08. The van der Waals surface area contributed by atoms with E-state index >= 15 is 0 Å². The molecule has 0 saturated heterocycles. The predicted molar refractivity (Wildman–Crippen MR) is 76.2 cm³/mol. The van der Waals surface area contributed by atoms with Crippen LogP contribution in [0.15, 0.2) is 24.3 Å². The first kappa shape index (κ1) is 13.2. The second-order valence-corrected chi connectivity index (χ2v) is 4.22. The number of benzene rings is 1. The summed E-state index contributed by atoms with van der Waals surface area (Å²) < 4.78 is 5.26. The standard InChI is InChI=1S/C12H14ClN5O/c1-19-9-4-2-3-8(13)7(9)6-16-11-5-10(14)17-12(15)18-11/h2-5H,6H2,1H3,(H5,14,15,16,17,18). The Labute approximate surface area is 115 Å². The Bertz CT molecular complexity index is 570. The lowest BCUT2D eigenvalue weighted by atomic mass is 10.2. The Hall–Kier alpha value is -2.21. The van der Waals surface area contributed by atoms with Crippen molar-refractivity contribution >= 4 is 29.2 Å². The number of nitrogens with one attached hydrogen (secondary N) is 1. The van der Waals surface area contributed by atoms with Crippen molar-refractivity contribution in [1.82, 2.24) is 9.97 Å². The molecule has 0 saturated carbocycles. The molecule has 100 valence electrons. The largest absolute Gasteiger partial charge is 0.496 e. The molecule has 0 aliphatic carbocycles. The van der Waals surface area contributed by atoms with Crippen LogP contribution < -0.4 is 21.5 Å². The van der Waals surface area contributed by atoms with Gasteiger partial charge in [-0.3, -0.25) is 0 Å². The van der Waals surface area contributed by atoms with E-state index in [9.17, 15) is 0 Å². The number of anilines is 3. The van der Waals surface area contributed by atoms with Crippen molar-refractivity contribution in [1.29, 1.82) is 0 Å². The average molecular weight is 280 g/mol. The van der Waals surface area contributed by atoms with E-state index < -0.39 is 0 Å². The van der Waals surface area contributed by atoms with Crippen molar-refractivity contribution in [2.45, 2.75) is 6.54 Å². The van der Waals surface area contributed by atoms with Gasteiger partial charge in [0.15, 0.2) is 0 Å². The van der Waals surface area contributed by atoms with Gasteiger partial charge in [0, 0.05) is 23.2 Å². The highest BCUT2D eigenvalue weighted by Crippen LogP contribution is 2.27. The number of nitrogen functional groups attached to an aromatic ring is 2. The Morgan fingerprint density at radius 1 is 1.32 bits per heavy atom. The van der Waals surface area contributed by atoms with Gasteiger partial charge in [-0.2, -0.15) is 9.97 Å². The summed E-state index contributed by atoms with van der Waals surface area (Å²) in [5, 5.41) is 3.70. The van der Waals surface area contributed by atoms with E-state index in [-0.39, 0.29) is 5.95 Å². The van der Waals surface area contributed by atoms with E-state index in [2.05, 4.69) is 15.3 Å². The highest BCUT2D eigenvalue weighted by atomic mass is 35.5. The lowest BCUT2D eigenvalue weighted by Crippen LogP contribution is -2.07. The first-order valence-corrected chi connectivity index (χ1v) is 5.93. The average Bonchev–Trinajstić information content (AvgIpc) is 2.36. The maximum absolute atomic E-state index is 6.13. The molecule has 5 N–H and O–H groups in total. The lowest BCUT2D eigenvalue weighted by molar-refractivity contribution is 0.410. The van der Waals surface area contributed by atoms with Crippen molar-refractivity contribution in [3.05, 3.63) is 34.9 Å². The molecule has 1 aromatic heterocycles. The molecule has 0 fully saturated rings. The van der Waals surface area contributed by atoms with Gasteiger partial charge in [0.05, 0.1) is 7.11 Å². The fourth-order valence-electron chi connectivity index (χ4n) is 1.66. The summed E-state index contributed by atoms with van der Waals surface area (Å²) in [4.78, 5) is 7.82. The zero-order valence-electron chi connectivity index (χ0n) is 10.4. The SMILES string of the molecule is COc1cccc(Cl)c1CNc1cc(N)nc(N)n1. The molecular weight excluding hydrogens is 266 g/mol. The van der Waals surface area contributed by atoms with Crippen LogP contribution in [0.2, 0.25) is 5.02 Å². The number of methoxy groups -OCH3 is 1. The zero-order valence-corrected chi connectivity index (χ0v) is 11.1. The molecule has 0 spiro atoms. The third-order valence-corrected chi connectivity index (χ3v) is 2.86. The lowest BCUT2D eigenvalue weighted by Gasteiger charge is -2.12. The van der Waals surface area contributed by atoms with E-state index in [1.165, 1.54) is 0 Å². The molecule has 0 amide bonds. The number of halogens is 1. The molecule has 1 aromatic carbocycles. The number of nitrogens with zero attached hydrogens (tertiary/aromatic N) is 2. The van der Waals surface area contributed by atoms with Crippen LogP contribution >= 0.6 is 11.6 Å². The van der Waals surface area contributed by atoms with Gasteiger partial charge in [-0.15, -0.1) is 0 Å². The smallest absolute Gasteiger partial charge is 0.223 e. The van der Waals surface area contributed by atoms with Gasteiger partial charge in [-0.25, -0.2) is 0 Å². The number of hydrogen-bond acceptors (Lipinski definition) is 6. The molecular formula is C12H14ClN5O. The van der Waals surface area contributed by atoms with E-state index in [0.717, 1.165) is 5.56 Å². The minimum atomic E-state index is 0.119. The molecule has 1 heterocycles. The summed E-state index contributed by atoms with van der Waals surface area (Å²) in [5.74, 6) is 1.66. The van der Waals surface area contributed by atoms with E-state index in [0.29, 0.717) is 29.0 Å². The summed E-state index contributed by atoms with van der Waals surface area (Å²) in [6.45, 7) is 0.443. The molecule has 0 radical (unpaired) electrons. The van der Waals surface area contributed by atoms with Gasteiger partial charge < -0.3 is 21.5 Å². The number of ether oxygens (including phenoxy) is 1. The molecule has 0 aliphatic heterocycles. The van der Waals surface area contributed by atoms with Crippen LogP contribution in [-0.2, 0) is 6.54 Å². The second-order valence-electron chi connectivity index (χ2n) is 3.81. The van der Waals surface area contributed by atoms with Gasteiger partial charge in [0.25, 0.3) is 0 Å². The summed E-state index contributed by atoms with van der Waals surface area (Å²) in [6, 6.07) is 7.06. The molecule has 2 rings (SSSR count). The first-order valence-electron chi connectivity index (χ1n) is 5.55. The monoisotopic (exact) mass is 279 g/mol. The molecule has 0 atom stereocenters. The van der Waals surface area contributed by atoms with Gasteiger partial charge in [0.2, 0.25) is 5.95 Å². The van der Waals surface area contributed by atoms with Crippen LogP contribution in [0.4, 0.5) is 17.6 Å². The van der Waals surface area contributed by atoms with Crippen molar-refractivity contribution in [2.75, 3.05) is 23.9 Å². The maximum Gasteiger partial charge on any atom is 0.223 e. The van der Waals surface area contributed by atoms with Gasteiger partial charge >= 0.3 is 0 Å². The summed E-state index contributed by atoms with van der Waals surface area (Å²) >= 11 is 6.13. The fraction of sp³-hybridized carbons (Fsp3) is 0.167. The highest BCUT2D eigenvalue weighted by molar-refractivity contribution is 6.31. The van der Waals surface area contributed by atoms with Crippen molar-refractivity contribution < 1.29 is 4.74 Å². The minimum absolute atomic E-state index is 0.119. The van der Waals surface area contributed by atoms with Crippen LogP contribution in [0.3, 0.4) is 0 Å². The fourth-order valence-corrected chi connectivity index (χ4v) is 1.89. The van der Waals surface area contributed by atoms with Crippen molar-refractivity contribution in [3.8, 4) is 5.75 Å². The summed E-state index contributed by atoms with van der Waals surface area (Å²) in [5.41, 5.74) is 11.9. The quantitative estimate of drug-likeness (QED) is 0.791. The molecule has 2 aromatic rings. The Morgan fingerprint density at radius 2 is 2.11 bits per heavy atom. The van der Waals surface area contributed by atoms with Crippen LogP contribution in [0.25, 0.3) is 0 Å². The minimum Gasteiger partial charge on any atom is -0.496 e. The zero-order chi connectivity index (χ0) is 13.8. The topological polar surface area (TPSA) is 99.1 Å². The third kappa shape index (κ3) is 3.17. The van der Waals surface area contributed by atoms with E-state index in [1.807, 2.05) is 12.1 Å². The molecule has 6 nitrogen and oxygen atoms in total. The van der Waals surface area contributed by atoms with Crippen LogP contribution in [0, 0.1) is 0 Å². The van der Waals surface area contributed by atoms with E-state index in [4.69, 9.17) is 27.8 Å². The summed E-state index contributed by atoms with van der Waals surface area (Å²) in [6.07, 6.45) is 0. The number of hydrogen-bond donors (Lipinski definition) is 3. The molecule has 0 bridgehead atoms. The van der Waals surface area contributed by atoms with E-state index in [1.54, 1.807) is 19.2 Å². The Balaban J connectivity index is 2.18. The predicted octanol–water partition coefficient (Wildman–Crippen LogP) is 1.92. The van der Waals surface area contributed by atoms with Crippen LogP contribution in [0.5, 0.6) is 5.75 Å². The normalized spacial score (nSPS) is 10.2. The number of aromatic nitrogens is 2. The molecule has 19 heavy (non-hydrogen) atoms. The number of rotatable bonds is 4. The first-order chi connectivity index (χ1) is 9.10. The van der Waals surface area contributed by atoms with Crippen LogP contribution in [0.1, 0.15) is 5.56 Å². The Kier molecular flexibility index (Phi) is 3.91.